The summed E-state index contributed by atoms with van der Waals surface area (Å²) in [4.78, 5) is 8.13. The predicted octanol–water partition coefficient (Wildman–Crippen LogP) is 2.84. The van der Waals surface area contributed by atoms with Crippen LogP contribution in [0.15, 0.2) is 30.6 Å². The first-order valence-corrected chi connectivity index (χ1v) is 6.42. The molecule has 0 saturated carbocycles. The molecule has 20 heavy (non-hydrogen) atoms. The molecule has 4 nitrogen and oxygen atoms in total. The van der Waals surface area contributed by atoms with Gasteiger partial charge < -0.3 is 10.6 Å². The average Bonchev–Trinajstić information content (AvgIpc) is 2.38. The van der Waals surface area contributed by atoms with E-state index in [1.54, 1.807) is 6.07 Å². The number of hydrogen-bond acceptors (Lipinski definition) is 4. The minimum Gasteiger partial charge on any atom is -0.370 e. The summed E-state index contributed by atoms with van der Waals surface area (Å²) in [6, 6.07) is 5.31. The lowest BCUT2D eigenvalue weighted by Gasteiger charge is -2.07. The summed E-state index contributed by atoms with van der Waals surface area (Å²) < 4.78 is 26.1. The first kappa shape index (κ1) is 14.2. The lowest BCUT2D eigenvalue weighted by atomic mass is 10.1. The second-order valence-electron chi connectivity index (χ2n) is 4.27. The highest BCUT2D eigenvalue weighted by Crippen LogP contribution is 2.10. The molecule has 0 spiro atoms. The van der Waals surface area contributed by atoms with Crippen LogP contribution in [0.3, 0.4) is 0 Å². The van der Waals surface area contributed by atoms with Crippen LogP contribution in [0.5, 0.6) is 0 Å². The smallest absolute Gasteiger partial charge is 0.131 e. The molecule has 0 aliphatic carbocycles. The molecule has 6 heteroatoms. The maximum absolute atomic E-state index is 13.0. The number of benzene rings is 1. The fraction of sp³-hybridized carbons (Fsp3) is 0.286. The number of halogens is 2. The number of nitrogens with one attached hydrogen (secondary N) is 2. The number of hydrogen-bond donors (Lipinski definition) is 2. The van der Waals surface area contributed by atoms with Gasteiger partial charge in [0.15, 0.2) is 0 Å². The second kappa shape index (κ2) is 6.79. The molecular weight excluding hydrogens is 262 g/mol. The minimum absolute atomic E-state index is 0.509. The molecule has 2 N–H and O–H groups in total. The summed E-state index contributed by atoms with van der Waals surface area (Å²) in [5.74, 6) is 0.294. The van der Waals surface area contributed by atoms with Gasteiger partial charge in [0.1, 0.15) is 29.6 Å². The summed E-state index contributed by atoms with van der Waals surface area (Å²) in [5, 5.41) is 6.18. The van der Waals surface area contributed by atoms with E-state index in [2.05, 4.69) is 20.6 Å². The van der Waals surface area contributed by atoms with Gasteiger partial charge in [-0.15, -0.1) is 0 Å². The van der Waals surface area contributed by atoms with Gasteiger partial charge in [0.25, 0.3) is 0 Å². The molecule has 0 atom stereocenters. The van der Waals surface area contributed by atoms with E-state index in [9.17, 15) is 8.78 Å². The van der Waals surface area contributed by atoms with Crippen molar-refractivity contribution in [1.29, 1.82) is 0 Å². The molecule has 1 aromatic heterocycles. The molecule has 0 aliphatic rings. The number of aromatic nitrogens is 2. The van der Waals surface area contributed by atoms with Gasteiger partial charge in [-0.1, -0.05) is 0 Å². The van der Waals surface area contributed by atoms with E-state index in [-0.39, 0.29) is 0 Å². The molecule has 106 valence electrons. The molecule has 0 unspecified atom stereocenters. The van der Waals surface area contributed by atoms with Crippen LogP contribution in [0.4, 0.5) is 20.4 Å². The summed E-state index contributed by atoms with van der Waals surface area (Å²) in [6.45, 7) is 3.29. The average molecular weight is 278 g/mol. The van der Waals surface area contributed by atoms with E-state index >= 15 is 0 Å². The Kier molecular flexibility index (Phi) is 4.81. The molecule has 0 radical (unpaired) electrons. The third-order valence-corrected chi connectivity index (χ3v) is 2.67. The SMILES string of the molecule is CCNc1cc(NCCc2cc(F)cc(F)c2)ncn1. The Balaban J connectivity index is 1.90. The Morgan fingerprint density at radius 1 is 0.950 bits per heavy atom. The zero-order chi connectivity index (χ0) is 14.4. The summed E-state index contributed by atoms with van der Waals surface area (Å²) >= 11 is 0. The van der Waals surface area contributed by atoms with Crippen molar-refractivity contribution in [1.82, 2.24) is 9.97 Å². The van der Waals surface area contributed by atoms with Crippen molar-refractivity contribution < 1.29 is 8.78 Å². The molecule has 0 bridgehead atoms. The zero-order valence-electron chi connectivity index (χ0n) is 11.2. The highest BCUT2D eigenvalue weighted by atomic mass is 19.1. The maximum atomic E-state index is 13.0. The topological polar surface area (TPSA) is 49.8 Å². The number of anilines is 2. The third kappa shape index (κ3) is 4.15. The van der Waals surface area contributed by atoms with Crippen LogP contribution in [0.1, 0.15) is 12.5 Å². The van der Waals surface area contributed by atoms with Crippen molar-refractivity contribution in [3.8, 4) is 0 Å². The van der Waals surface area contributed by atoms with E-state index < -0.39 is 11.6 Å². The van der Waals surface area contributed by atoms with Crippen molar-refractivity contribution in [2.45, 2.75) is 13.3 Å². The van der Waals surface area contributed by atoms with Crippen molar-refractivity contribution in [2.75, 3.05) is 23.7 Å². The van der Waals surface area contributed by atoms with E-state index in [1.165, 1.54) is 18.5 Å². The Labute approximate surface area is 116 Å². The molecule has 0 fully saturated rings. The van der Waals surface area contributed by atoms with Crippen molar-refractivity contribution in [3.63, 3.8) is 0 Å². The predicted molar refractivity (Wildman–Crippen MR) is 74.7 cm³/mol. The van der Waals surface area contributed by atoms with Gasteiger partial charge >= 0.3 is 0 Å². The molecule has 2 rings (SSSR count). The van der Waals surface area contributed by atoms with Crippen LogP contribution in [0.2, 0.25) is 0 Å². The van der Waals surface area contributed by atoms with Gasteiger partial charge in [-0.3, -0.25) is 0 Å². The van der Waals surface area contributed by atoms with Crippen LogP contribution in [-0.2, 0) is 6.42 Å². The molecule has 0 amide bonds. The Morgan fingerprint density at radius 3 is 2.25 bits per heavy atom. The largest absolute Gasteiger partial charge is 0.370 e. The molecular formula is C14H16F2N4. The highest BCUT2D eigenvalue weighted by molar-refractivity contribution is 5.46. The van der Waals surface area contributed by atoms with Gasteiger partial charge in [0.2, 0.25) is 0 Å². The van der Waals surface area contributed by atoms with E-state index in [0.717, 1.165) is 18.4 Å². The van der Waals surface area contributed by atoms with Gasteiger partial charge in [0.05, 0.1) is 0 Å². The van der Waals surface area contributed by atoms with Crippen LogP contribution in [0.25, 0.3) is 0 Å². The Bertz CT molecular complexity index is 555. The first-order chi connectivity index (χ1) is 9.67. The molecule has 1 heterocycles. The first-order valence-electron chi connectivity index (χ1n) is 6.42. The number of nitrogens with zero attached hydrogens (tertiary/aromatic N) is 2. The molecule has 2 aromatic rings. The maximum Gasteiger partial charge on any atom is 0.131 e. The Morgan fingerprint density at radius 2 is 1.60 bits per heavy atom. The normalized spacial score (nSPS) is 10.3. The molecule has 1 aromatic carbocycles. The van der Waals surface area contributed by atoms with Crippen molar-refractivity contribution >= 4 is 11.6 Å². The zero-order valence-corrected chi connectivity index (χ0v) is 11.2. The quantitative estimate of drug-likeness (QED) is 0.853. The van der Waals surface area contributed by atoms with E-state index in [1.807, 2.05) is 6.92 Å². The van der Waals surface area contributed by atoms with Gasteiger partial charge in [-0.05, 0) is 31.0 Å². The second-order valence-corrected chi connectivity index (χ2v) is 4.27. The van der Waals surface area contributed by atoms with Crippen LogP contribution >= 0.6 is 0 Å². The molecule has 0 saturated heterocycles. The Hall–Kier alpha value is -2.24. The monoisotopic (exact) mass is 278 g/mol. The lowest BCUT2D eigenvalue weighted by Crippen LogP contribution is -2.08. The highest BCUT2D eigenvalue weighted by Gasteiger charge is 2.01. The summed E-state index contributed by atoms with van der Waals surface area (Å²) in [5.41, 5.74) is 0.607. The summed E-state index contributed by atoms with van der Waals surface area (Å²) in [7, 11) is 0. The van der Waals surface area contributed by atoms with Crippen LogP contribution < -0.4 is 10.6 Å². The number of rotatable bonds is 6. The third-order valence-electron chi connectivity index (χ3n) is 2.67. The standard InChI is InChI=1S/C14H16F2N4/c1-2-17-13-8-14(20-9-19-13)18-4-3-10-5-11(15)7-12(16)6-10/h5-9H,2-4H2,1H3,(H2,17,18,19,20). The van der Waals surface area contributed by atoms with Crippen molar-refractivity contribution in [2.24, 2.45) is 0 Å². The fourth-order valence-electron chi connectivity index (χ4n) is 1.82. The van der Waals surface area contributed by atoms with Gasteiger partial charge in [-0.25, -0.2) is 18.7 Å². The van der Waals surface area contributed by atoms with E-state index in [4.69, 9.17) is 0 Å². The van der Waals surface area contributed by atoms with Crippen molar-refractivity contribution in [3.05, 3.63) is 47.8 Å². The summed E-state index contributed by atoms with van der Waals surface area (Å²) in [6.07, 6.45) is 1.97. The minimum atomic E-state index is -0.559. The van der Waals surface area contributed by atoms with Crippen LogP contribution in [0, 0.1) is 11.6 Å². The fourth-order valence-corrected chi connectivity index (χ4v) is 1.82. The van der Waals surface area contributed by atoms with Gasteiger partial charge in [0, 0.05) is 25.2 Å². The van der Waals surface area contributed by atoms with Gasteiger partial charge in [-0.2, -0.15) is 0 Å². The van der Waals surface area contributed by atoms with Crippen LogP contribution in [-0.4, -0.2) is 23.1 Å². The molecule has 0 aliphatic heterocycles. The van der Waals surface area contributed by atoms with E-state index in [0.29, 0.717) is 24.3 Å². The lowest BCUT2D eigenvalue weighted by molar-refractivity contribution is 0.580.